The molecule has 0 radical (unpaired) electrons. The second-order valence-corrected chi connectivity index (χ2v) is 8.68. The minimum atomic E-state index is -1.45. The van der Waals surface area contributed by atoms with Crippen molar-refractivity contribution >= 4 is 8.32 Å². The van der Waals surface area contributed by atoms with Gasteiger partial charge in [0.25, 0.3) is 0 Å². The summed E-state index contributed by atoms with van der Waals surface area (Å²) in [5.74, 6) is 0. The molecule has 2 N–H and O–H groups in total. The molecule has 0 aliphatic rings. The summed E-state index contributed by atoms with van der Waals surface area (Å²) in [6.07, 6.45) is 1.12. The Morgan fingerprint density at radius 3 is 2.23 bits per heavy atom. The zero-order valence-corrected chi connectivity index (χ0v) is 10.6. The van der Waals surface area contributed by atoms with Crippen molar-refractivity contribution in [2.24, 2.45) is 5.73 Å². The summed E-state index contributed by atoms with van der Waals surface area (Å²) in [5, 5.41) is 0. The van der Waals surface area contributed by atoms with Crippen LogP contribution in [0.4, 0.5) is 0 Å². The molecule has 1 unspecified atom stereocenters. The molecule has 3 heteroatoms. The van der Waals surface area contributed by atoms with E-state index in [1.54, 1.807) is 0 Å². The van der Waals surface area contributed by atoms with Gasteiger partial charge in [-0.15, -0.1) is 0 Å². The molecule has 13 heavy (non-hydrogen) atoms. The highest BCUT2D eigenvalue weighted by atomic mass is 28.4. The van der Waals surface area contributed by atoms with Gasteiger partial charge in [-0.1, -0.05) is 20.8 Å². The summed E-state index contributed by atoms with van der Waals surface area (Å²) >= 11 is 0. The lowest BCUT2D eigenvalue weighted by Gasteiger charge is -2.33. The Bertz CT molecular complexity index is 130. The third-order valence-corrected chi connectivity index (χ3v) is 8.25. The third kappa shape index (κ3) is 3.79. The van der Waals surface area contributed by atoms with Crippen LogP contribution in [0.1, 0.15) is 34.1 Å². The monoisotopic (exact) mass is 203 g/mol. The molecule has 0 bridgehead atoms. The number of nitrogens with two attached hydrogens (primary N) is 1. The van der Waals surface area contributed by atoms with Gasteiger partial charge in [0, 0.05) is 6.61 Å². The second-order valence-electron chi connectivity index (χ2n) is 3.90. The van der Waals surface area contributed by atoms with Crippen LogP contribution in [0, 0.1) is 0 Å². The first-order chi connectivity index (χ1) is 6.13. The van der Waals surface area contributed by atoms with E-state index in [-0.39, 0.29) is 0 Å². The van der Waals surface area contributed by atoms with E-state index in [1.807, 2.05) is 0 Å². The first kappa shape index (κ1) is 13.1. The van der Waals surface area contributed by atoms with Crippen LogP contribution in [-0.2, 0) is 4.43 Å². The quantitative estimate of drug-likeness (QED) is 0.646. The van der Waals surface area contributed by atoms with Crippen LogP contribution >= 0.6 is 0 Å². The van der Waals surface area contributed by atoms with Gasteiger partial charge >= 0.3 is 0 Å². The van der Waals surface area contributed by atoms with Crippen molar-refractivity contribution in [1.29, 1.82) is 0 Å². The molecular formula is C10H25NOSi. The maximum absolute atomic E-state index is 6.03. The zero-order valence-electron chi connectivity index (χ0n) is 9.60. The van der Waals surface area contributed by atoms with Crippen molar-refractivity contribution in [2.75, 3.05) is 13.2 Å². The molecule has 0 aromatic rings. The molecule has 0 aliphatic heterocycles. The molecule has 0 amide bonds. The zero-order chi connectivity index (χ0) is 10.3. The van der Waals surface area contributed by atoms with Gasteiger partial charge in [0.05, 0.1) is 0 Å². The van der Waals surface area contributed by atoms with E-state index in [4.69, 9.17) is 10.2 Å². The fourth-order valence-electron chi connectivity index (χ4n) is 1.90. The van der Waals surface area contributed by atoms with Crippen LogP contribution in [-0.4, -0.2) is 21.5 Å². The molecule has 1 atom stereocenters. The lowest BCUT2D eigenvalue weighted by atomic mass is 10.5. The second kappa shape index (κ2) is 6.57. The van der Waals surface area contributed by atoms with Crippen molar-refractivity contribution in [2.45, 2.75) is 51.7 Å². The van der Waals surface area contributed by atoms with Gasteiger partial charge < -0.3 is 10.2 Å². The number of hydrogen-bond acceptors (Lipinski definition) is 2. The van der Waals surface area contributed by atoms with Gasteiger partial charge in [0.1, 0.15) is 0 Å². The Hall–Kier alpha value is 0.137. The minimum absolute atomic E-state index is 0.712. The first-order valence-electron chi connectivity index (χ1n) is 5.47. The third-order valence-electron chi connectivity index (χ3n) is 2.89. The fourth-order valence-corrected chi connectivity index (χ4v) is 5.71. The standard InChI is InChI=1S/C10H25NOSi/c1-5-12-13(6-2,10(3)4)9-7-8-11/h10H,5-9,11H2,1-4H3. The van der Waals surface area contributed by atoms with Crippen LogP contribution in [0.5, 0.6) is 0 Å². The van der Waals surface area contributed by atoms with Crippen LogP contribution in [0.25, 0.3) is 0 Å². The summed E-state index contributed by atoms with van der Waals surface area (Å²) in [4.78, 5) is 0. The Morgan fingerprint density at radius 1 is 1.31 bits per heavy atom. The van der Waals surface area contributed by atoms with Crippen molar-refractivity contribution in [1.82, 2.24) is 0 Å². The van der Waals surface area contributed by atoms with Crippen molar-refractivity contribution in [3.63, 3.8) is 0 Å². The van der Waals surface area contributed by atoms with Crippen molar-refractivity contribution < 1.29 is 4.43 Å². The number of hydrogen-bond donors (Lipinski definition) is 1. The maximum atomic E-state index is 6.03. The van der Waals surface area contributed by atoms with E-state index in [1.165, 1.54) is 12.1 Å². The van der Waals surface area contributed by atoms with Crippen LogP contribution in [0.15, 0.2) is 0 Å². The predicted octanol–water partition coefficient (Wildman–Crippen LogP) is 2.75. The lowest BCUT2D eigenvalue weighted by molar-refractivity contribution is 0.311. The molecule has 0 aromatic carbocycles. The van der Waals surface area contributed by atoms with E-state index in [0.717, 1.165) is 19.6 Å². The molecule has 0 aliphatic carbocycles. The van der Waals surface area contributed by atoms with Gasteiger partial charge in [-0.2, -0.15) is 0 Å². The van der Waals surface area contributed by atoms with Crippen molar-refractivity contribution in [3.8, 4) is 0 Å². The smallest absolute Gasteiger partial charge is 0.195 e. The molecule has 0 rings (SSSR count). The summed E-state index contributed by atoms with van der Waals surface area (Å²) in [7, 11) is -1.45. The number of rotatable bonds is 7. The SMILES string of the molecule is CCO[Si](CC)(CCCN)C(C)C. The van der Waals surface area contributed by atoms with E-state index >= 15 is 0 Å². The Kier molecular flexibility index (Phi) is 6.64. The van der Waals surface area contributed by atoms with Gasteiger partial charge in [-0.05, 0) is 37.5 Å². The highest BCUT2D eigenvalue weighted by Crippen LogP contribution is 2.31. The van der Waals surface area contributed by atoms with Crippen molar-refractivity contribution in [3.05, 3.63) is 0 Å². The lowest BCUT2D eigenvalue weighted by Crippen LogP contribution is -2.41. The predicted molar refractivity (Wildman–Crippen MR) is 61.4 cm³/mol. The molecule has 0 aromatic heterocycles. The highest BCUT2D eigenvalue weighted by Gasteiger charge is 2.35. The van der Waals surface area contributed by atoms with E-state index < -0.39 is 8.32 Å². The van der Waals surface area contributed by atoms with Crippen LogP contribution in [0.2, 0.25) is 17.6 Å². The minimum Gasteiger partial charge on any atom is -0.417 e. The van der Waals surface area contributed by atoms with Gasteiger partial charge in [0.15, 0.2) is 8.32 Å². The summed E-state index contributed by atoms with van der Waals surface area (Å²) in [6.45, 7) is 10.6. The maximum Gasteiger partial charge on any atom is 0.195 e. The fraction of sp³-hybridized carbons (Fsp3) is 1.00. The van der Waals surface area contributed by atoms with Gasteiger partial charge in [-0.3, -0.25) is 0 Å². The average molecular weight is 203 g/mol. The molecule has 2 nitrogen and oxygen atoms in total. The highest BCUT2D eigenvalue weighted by molar-refractivity contribution is 6.75. The molecule has 0 spiro atoms. The van der Waals surface area contributed by atoms with E-state index in [2.05, 4.69) is 27.7 Å². The molecule has 80 valence electrons. The Labute approximate surface area is 84.0 Å². The van der Waals surface area contributed by atoms with Gasteiger partial charge in [-0.25, -0.2) is 0 Å². The molecule has 0 saturated heterocycles. The average Bonchev–Trinajstić information content (AvgIpc) is 2.12. The summed E-state index contributed by atoms with van der Waals surface area (Å²) < 4.78 is 6.03. The molecule has 0 fully saturated rings. The normalized spacial score (nSPS) is 16.2. The molecular weight excluding hydrogens is 178 g/mol. The molecule has 0 heterocycles. The Balaban J connectivity index is 4.26. The summed E-state index contributed by atoms with van der Waals surface area (Å²) in [5.41, 5.74) is 6.27. The van der Waals surface area contributed by atoms with Gasteiger partial charge in [0.2, 0.25) is 0 Å². The van der Waals surface area contributed by atoms with E-state index in [0.29, 0.717) is 5.54 Å². The Morgan fingerprint density at radius 2 is 1.92 bits per heavy atom. The topological polar surface area (TPSA) is 35.2 Å². The van der Waals surface area contributed by atoms with Crippen LogP contribution in [0.3, 0.4) is 0 Å². The largest absolute Gasteiger partial charge is 0.417 e. The first-order valence-corrected chi connectivity index (χ1v) is 7.87. The molecule has 0 saturated carbocycles. The van der Waals surface area contributed by atoms with Crippen LogP contribution < -0.4 is 5.73 Å². The van der Waals surface area contributed by atoms with E-state index in [9.17, 15) is 0 Å². The summed E-state index contributed by atoms with van der Waals surface area (Å²) in [6, 6.07) is 2.45.